The standard InChI is InChI=1S/C16H21N5S.2C2HF3O2/c1-3-16(13-21(8-1)15-18-5-2-6-19-15)4-9-20(12-16)11-14-17-7-10-22-14;2*3-2(4,5)1(6)7/h2,5-7,10H,1,3-4,8-9,11-13H2;2*(H,6,7). The summed E-state index contributed by atoms with van der Waals surface area (Å²) in [5, 5.41) is 17.5. The van der Waals surface area contributed by atoms with Gasteiger partial charge in [-0.25, -0.2) is 24.5 Å². The fourth-order valence-electron chi connectivity index (χ4n) is 3.85. The van der Waals surface area contributed by atoms with Crippen LogP contribution in [0, 0.1) is 5.41 Å². The van der Waals surface area contributed by atoms with E-state index in [1.807, 2.05) is 24.7 Å². The molecular weight excluding hydrogens is 520 g/mol. The summed E-state index contributed by atoms with van der Waals surface area (Å²) in [4.78, 5) is 36.0. The smallest absolute Gasteiger partial charge is 0.475 e. The molecule has 0 aromatic carbocycles. The van der Waals surface area contributed by atoms with Crippen LogP contribution in [-0.4, -0.2) is 80.5 Å². The first-order valence-electron chi connectivity index (χ1n) is 10.4. The number of thiazole rings is 1. The predicted molar refractivity (Wildman–Crippen MR) is 115 cm³/mol. The Bertz CT molecular complexity index is 953. The Morgan fingerprint density at radius 3 is 2.00 bits per heavy atom. The zero-order valence-corrected chi connectivity index (χ0v) is 19.5. The molecule has 2 saturated heterocycles. The average Bonchev–Trinajstić information content (AvgIpc) is 3.44. The quantitative estimate of drug-likeness (QED) is 0.559. The van der Waals surface area contributed by atoms with Gasteiger partial charge in [-0.15, -0.1) is 11.3 Å². The number of hydrogen-bond acceptors (Lipinski definition) is 8. The van der Waals surface area contributed by atoms with Crippen LogP contribution in [0.15, 0.2) is 30.0 Å². The molecule has 2 aromatic heterocycles. The van der Waals surface area contributed by atoms with Gasteiger partial charge in [0.25, 0.3) is 0 Å². The van der Waals surface area contributed by atoms with Gasteiger partial charge in [0.05, 0.1) is 6.54 Å². The van der Waals surface area contributed by atoms with Gasteiger partial charge in [0.2, 0.25) is 5.95 Å². The summed E-state index contributed by atoms with van der Waals surface area (Å²) in [5.74, 6) is -4.63. The number of hydrogen-bond donors (Lipinski definition) is 2. The molecule has 0 bridgehead atoms. The molecule has 2 aromatic rings. The number of piperidine rings is 1. The second-order valence-corrected chi connectivity index (χ2v) is 9.05. The van der Waals surface area contributed by atoms with E-state index in [-0.39, 0.29) is 0 Å². The molecule has 9 nitrogen and oxygen atoms in total. The molecular formula is C20H23F6N5O4S. The molecule has 2 N–H and O–H groups in total. The number of carboxylic acids is 2. The predicted octanol–water partition coefficient (Wildman–Crippen LogP) is 3.69. The molecule has 0 aliphatic carbocycles. The van der Waals surface area contributed by atoms with Crippen molar-refractivity contribution in [1.82, 2.24) is 19.9 Å². The molecule has 2 aliphatic heterocycles. The van der Waals surface area contributed by atoms with Gasteiger partial charge in [-0.3, -0.25) is 4.90 Å². The fraction of sp³-hybridized carbons (Fsp3) is 0.550. The maximum absolute atomic E-state index is 10.6. The van der Waals surface area contributed by atoms with E-state index in [1.54, 1.807) is 11.3 Å². The number of nitrogens with zero attached hydrogens (tertiary/aromatic N) is 5. The minimum atomic E-state index is -5.08. The lowest BCUT2D eigenvalue weighted by atomic mass is 9.79. The van der Waals surface area contributed by atoms with Crippen molar-refractivity contribution in [3.63, 3.8) is 0 Å². The highest BCUT2D eigenvalue weighted by atomic mass is 32.1. The Labute approximate surface area is 205 Å². The zero-order valence-electron chi connectivity index (χ0n) is 18.7. The minimum absolute atomic E-state index is 0.411. The van der Waals surface area contributed by atoms with Crippen molar-refractivity contribution in [2.45, 2.75) is 38.2 Å². The van der Waals surface area contributed by atoms with Gasteiger partial charge in [-0.05, 0) is 31.9 Å². The largest absolute Gasteiger partial charge is 0.490 e. The number of carbonyl (C=O) groups is 2. The van der Waals surface area contributed by atoms with Gasteiger partial charge in [0.1, 0.15) is 5.01 Å². The Kier molecular flexibility index (Phi) is 9.98. The van der Waals surface area contributed by atoms with Gasteiger partial charge >= 0.3 is 24.3 Å². The number of carboxylic acid groups (broad SMARTS) is 2. The Morgan fingerprint density at radius 1 is 0.917 bits per heavy atom. The van der Waals surface area contributed by atoms with Crippen LogP contribution in [-0.2, 0) is 16.1 Å². The topological polar surface area (TPSA) is 120 Å². The highest BCUT2D eigenvalue weighted by Gasteiger charge is 2.42. The molecule has 0 saturated carbocycles. The molecule has 1 unspecified atom stereocenters. The number of anilines is 1. The van der Waals surface area contributed by atoms with Gasteiger partial charge < -0.3 is 15.1 Å². The summed E-state index contributed by atoms with van der Waals surface area (Å²) in [6.45, 7) is 5.53. The third kappa shape index (κ3) is 9.22. The highest BCUT2D eigenvalue weighted by molar-refractivity contribution is 7.09. The van der Waals surface area contributed by atoms with Crippen LogP contribution >= 0.6 is 11.3 Å². The van der Waals surface area contributed by atoms with Crippen LogP contribution in [0.3, 0.4) is 0 Å². The van der Waals surface area contributed by atoms with Crippen LogP contribution in [0.4, 0.5) is 32.3 Å². The molecule has 0 amide bonds. The minimum Gasteiger partial charge on any atom is -0.475 e. The summed E-state index contributed by atoms with van der Waals surface area (Å²) in [6.07, 6.45) is -0.739. The van der Waals surface area contributed by atoms with E-state index in [9.17, 15) is 26.3 Å². The van der Waals surface area contributed by atoms with Crippen molar-refractivity contribution < 1.29 is 46.1 Å². The second-order valence-electron chi connectivity index (χ2n) is 8.07. The maximum Gasteiger partial charge on any atom is 0.490 e. The van der Waals surface area contributed by atoms with Crippen molar-refractivity contribution in [2.24, 2.45) is 5.41 Å². The summed E-state index contributed by atoms with van der Waals surface area (Å²) >= 11 is 1.76. The first kappa shape index (κ1) is 29.2. The number of alkyl halides is 6. The van der Waals surface area contributed by atoms with E-state index in [0.29, 0.717) is 5.41 Å². The van der Waals surface area contributed by atoms with E-state index >= 15 is 0 Å². The number of rotatable bonds is 3. The van der Waals surface area contributed by atoms with E-state index in [0.717, 1.165) is 25.6 Å². The van der Waals surface area contributed by atoms with Crippen LogP contribution in [0.25, 0.3) is 0 Å². The average molecular weight is 543 g/mol. The van der Waals surface area contributed by atoms with Gasteiger partial charge in [-0.2, -0.15) is 26.3 Å². The molecule has 0 radical (unpaired) electrons. The van der Waals surface area contributed by atoms with E-state index in [2.05, 4.69) is 30.1 Å². The molecule has 1 spiro atoms. The Hall–Kier alpha value is -3.01. The molecule has 1 atom stereocenters. The lowest BCUT2D eigenvalue weighted by Gasteiger charge is -2.40. The summed E-state index contributed by atoms with van der Waals surface area (Å²) < 4.78 is 63.5. The number of aromatic nitrogens is 3. The highest BCUT2D eigenvalue weighted by Crippen LogP contribution is 2.40. The number of halogens is 6. The normalized spacial score (nSPS) is 20.2. The third-order valence-corrected chi connectivity index (χ3v) is 6.11. The van der Waals surface area contributed by atoms with Crippen molar-refractivity contribution in [2.75, 3.05) is 31.1 Å². The van der Waals surface area contributed by atoms with Crippen molar-refractivity contribution in [3.8, 4) is 0 Å². The van der Waals surface area contributed by atoms with Gasteiger partial charge in [0, 0.05) is 49.0 Å². The maximum atomic E-state index is 10.6. The van der Waals surface area contributed by atoms with Crippen LogP contribution in [0.5, 0.6) is 0 Å². The molecule has 200 valence electrons. The first-order valence-corrected chi connectivity index (χ1v) is 11.3. The number of likely N-dealkylation sites (tertiary alicyclic amines) is 1. The van der Waals surface area contributed by atoms with E-state index in [4.69, 9.17) is 19.8 Å². The third-order valence-electron chi connectivity index (χ3n) is 5.34. The first-order chi connectivity index (χ1) is 16.7. The SMILES string of the molecule is O=C(O)C(F)(F)F.O=C(O)C(F)(F)F.c1cnc(N2CCCC3(CCN(Cc4nccs4)C3)C2)nc1. The van der Waals surface area contributed by atoms with Crippen LogP contribution < -0.4 is 4.90 Å². The van der Waals surface area contributed by atoms with E-state index in [1.165, 1.54) is 37.4 Å². The molecule has 36 heavy (non-hydrogen) atoms. The Morgan fingerprint density at radius 2 is 1.50 bits per heavy atom. The van der Waals surface area contributed by atoms with Crippen LogP contribution in [0.2, 0.25) is 0 Å². The van der Waals surface area contributed by atoms with Gasteiger partial charge in [0.15, 0.2) is 0 Å². The monoisotopic (exact) mass is 543 g/mol. The Balaban J connectivity index is 0.000000271. The van der Waals surface area contributed by atoms with Gasteiger partial charge in [-0.1, -0.05) is 0 Å². The summed E-state index contributed by atoms with van der Waals surface area (Å²) in [5.41, 5.74) is 0.411. The molecule has 2 fully saturated rings. The lowest BCUT2D eigenvalue weighted by molar-refractivity contribution is -0.193. The van der Waals surface area contributed by atoms with Crippen molar-refractivity contribution in [3.05, 3.63) is 35.0 Å². The van der Waals surface area contributed by atoms with Crippen molar-refractivity contribution >= 4 is 29.2 Å². The van der Waals surface area contributed by atoms with Crippen LogP contribution in [0.1, 0.15) is 24.3 Å². The van der Waals surface area contributed by atoms with Crippen molar-refractivity contribution in [1.29, 1.82) is 0 Å². The fourth-order valence-corrected chi connectivity index (χ4v) is 4.51. The summed E-state index contributed by atoms with van der Waals surface area (Å²) in [6, 6.07) is 1.88. The molecule has 2 aliphatic rings. The van der Waals surface area contributed by atoms with E-state index < -0.39 is 24.3 Å². The molecule has 4 heterocycles. The molecule has 16 heteroatoms. The zero-order chi connectivity index (χ0) is 27.0. The lowest BCUT2D eigenvalue weighted by Crippen LogP contribution is -2.45. The number of aliphatic carboxylic acids is 2. The summed E-state index contributed by atoms with van der Waals surface area (Å²) in [7, 11) is 0. The second kappa shape index (κ2) is 12.3. The molecule has 4 rings (SSSR count).